The lowest BCUT2D eigenvalue weighted by Crippen LogP contribution is -1.91. The van der Waals surface area contributed by atoms with E-state index in [1.54, 1.807) is 0 Å². The third kappa shape index (κ3) is 8.17. The SMILES string of the molecule is CC.N.O.SCC1CCCC1.[HH]. The summed E-state index contributed by atoms with van der Waals surface area (Å²) in [6.07, 6.45) is 5.77. The zero-order valence-electron chi connectivity index (χ0n) is 7.77. The third-order valence-corrected chi connectivity index (χ3v) is 2.25. The van der Waals surface area contributed by atoms with Crippen LogP contribution in [-0.4, -0.2) is 11.2 Å². The second-order valence-corrected chi connectivity index (χ2v) is 2.70. The monoisotopic (exact) mass is 183 g/mol. The van der Waals surface area contributed by atoms with E-state index in [1.807, 2.05) is 13.8 Å². The van der Waals surface area contributed by atoms with Gasteiger partial charge in [-0.15, -0.1) is 0 Å². The minimum absolute atomic E-state index is 0. The summed E-state index contributed by atoms with van der Waals surface area (Å²) in [6.45, 7) is 4.00. The van der Waals surface area contributed by atoms with Crippen molar-refractivity contribution in [1.82, 2.24) is 6.15 Å². The van der Waals surface area contributed by atoms with Gasteiger partial charge in [-0.25, -0.2) is 0 Å². The molecule has 0 saturated heterocycles. The van der Waals surface area contributed by atoms with Crippen molar-refractivity contribution in [2.24, 2.45) is 5.92 Å². The van der Waals surface area contributed by atoms with Gasteiger partial charge < -0.3 is 11.6 Å². The molecule has 0 aromatic rings. The predicted molar refractivity (Wildman–Crippen MR) is 57.9 cm³/mol. The molecule has 0 amide bonds. The van der Waals surface area contributed by atoms with E-state index in [4.69, 9.17) is 0 Å². The zero-order valence-corrected chi connectivity index (χ0v) is 8.66. The normalized spacial score (nSPS) is 15.5. The van der Waals surface area contributed by atoms with E-state index >= 15 is 0 Å². The Labute approximate surface area is 77.6 Å². The average molecular weight is 183 g/mol. The van der Waals surface area contributed by atoms with Gasteiger partial charge in [0, 0.05) is 1.43 Å². The van der Waals surface area contributed by atoms with Crippen LogP contribution >= 0.6 is 12.6 Å². The maximum atomic E-state index is 4.22. The highest BCUT2D eigenvalue weighted by Gasteiger charge is 2.11. The van der Waals surface area contributed by atoms with E-state index in [-0.39, 0.29) is 13.1 Å². The van der Waals surface area contributed by atoms with Gasteiger partial charge in [-0.3, -0.25) is 0 Å². The Bertz CT molecular complexity index is 61.0. The highest BCUT2D eigenvalue weighted by molar-refractivity contribution is 7.80. The van der Waals surface area contributed by atoms with Gasteiger partial charge in [0.1, 0.15) is 0 Å². The summed E-state index contributed by atoms with van der Waals surface area (Å²) >= 11 is 4.22. The van der Waals surface area contributed by atoms with Crippen LogP contribution < -0.4 is 6.15 Å². The van der Waals surface area contributed by atoms with E-state index in [0.717, 1.165) is 11.7 Å². The molecule has 1 aliphatic carbocycles. The highest BCUT2D eigenvalue weighted by atomic mass is 32.1. The molecular weight excluding hydrogens is 158 g/mol. The summed E-state index contributed by atoms with van der Waals surface area (Å²) in [7, 11) is 0. The first-order valence-electron chi connectivity index (χ1n) is 4.04. The Morgan fingerprint density at radius 3 is 1.82 bits per heavy atom. The molecule has 0 bridgehead atoms. The Morgan fingerprint density at radius 2 is 1.64 bits per heavy atom. The Morgan fingerprint density at radius 1 is 1.27 bits per heavy atom. The average Bonchev–Trinajstić information content (AvgIpc) is 2.43. The molecule has 1 aliphatic rings. The van der Waals surface area contributed by atoms with E-state index in [1.165, 1.54) is 25.7 Å². The summed E-state index contributed by atoms with van der Waals surface area (Å²) in [6, 6.07) is 0. The van der Waals surface area contributed by atoms with Crippen molar-refractivity contribution >= 4 is 12.6 Å². The van der Waals surface area contributed by atoms with E-state index in [9.17, 15) is 0 Å². The summed E-state index contributed by atoms with van der Waals surface area (Å²) < 4.78 is 0. The molecular formula is C8H25NOS. The van der Waals surface area contributed by atoms with Gasteiger partial charge in [0.05, 0.1) is 0 Å². The molecule has 74 valence electrons. The number of thiol groups is 1. The number of rotatable bonds is 1. The lowest BCUT2D eigenvalue weighted by atomic mass is 10.1. The molecule has 0 spiro atoms. The third-order valence-electron chi connectivity index (χ3n) is 1.73. The Hall–Kier alpha value is 0.270. The highest BCUT2D eigenvalue weighted by Crippen LogP contribution is 2.24. The second-order valence-electron chi connectivity index (χ2n) is 2.33. The Balaban J connectivity index is -0.0000000600. The Kier molecular flexibility index (Phi) is 20.4. The van der Waals surface area contributed by atoms with Crippen LogP contribution in [0.15, 0.2) is 0 Å². The first-order chi connectivity index (χ1) is 4.43. The second kappa shape index (κ2) is 12.9. The molecule has 0 aliphatic heterocycles. The van der Waals surface area contributed by atoms with Crippen LogP contribution in [0, 0.1) is 5.92 Å². The van der Waals surface area contributed by atoms with Crippen LogP contribution in [0.5, 0.6) is 0 Å². The van der Waals surface area contributed by atoms with Gasteiger partial charge in [-0.2, -0.15) is 12.6 Å². The van der Waals surface area contributed by atoms with Crippen LogP contribution in [0.4, 0.5) is 0 Å². The molecule has 1 fully saturated rings. The zero-order chi connectivity index (χ0) is 7.11. The fourth-order valence-electron chi connectivity index (χ4n) is 1.19. The first kappa shape index (κ1) is 17.4. The van der Waals surface area contributed by atoms with Gasteiger partial charge in [0.2, 0.25) is 0 Å². The standard InChI is InChI=1S/C6H12S.C2H6.H3N.H2O.H2/c7-5-6-3-1-2-4-6;1-2;;;/h6-7H,1-5H2;1-2H3;1H3;1H2;1H. The van der Waals surface area contributed by atoms with Gasteiger partial charge in [0.15, 0.2) is 0 Å². The minimum atomic E-state index is 0. The maximum absolute atomic E-state index is 4.22. The van der Waals surface area contributed by atoms with Crippen molar-refractivity contribution in [3.63, 3.8) is 0 Å². The molecule has 0 aromatic carbocycles. The maximum Gasteiger partial charge on any atom is 0 e. The van der Waals surface area contributed by atoms with Crippen molar-refractivity contribution < 1.29 is 6.90 Å². The largest absolute Gasteiger partial charge is 0.412 e. The van der Waals surface area contributed by atoms with Crippen LogP contribution in [-0.2, 0) is 0 Å². The van der Waals surface area contributed by atoms with Crippen LogP contribution in [0.2, 0.25) is 0 Å². The summed E-state index contributed by atoms with van der Waals surface area (Å²) in [4.78, 5) is 0. The lowest BCUT2D eigenvalue weighted by molar-refractivity contribution is 0.625. The number of hydrogen-bond acceptors (Lipinski definition) is 2. The minimum Gasteiger partial charge on any atom is -0.412 e. The van der Waals surface area contributed by atoms with Gasteiger partial charge in [0.25, 0.3) is 0 Å². The fourth-order valence-corrected chi connectivity index (χ4v) is 1.56. The van der Waals surface area contributed by atoms with Gasteiger partial charge in [-0.05, 0) is 24.5 Å². The molecule has 0 unspecified atom stereocenters. The van der Waals surface area contributed by atoms with Crippen molar-refractivity contribution in [1.29, 1.82) is 0 Å². The van der Waals surface area contributed by atoms with Crippen molar-refractivity contribution in [2.75, 3.05) is 5.75 Å². The molecule has 2 nitrogen and oxygen atoms in total. The van der Waals surface area contributed by atoms with Crippen LogP contribution in [0.1, 0.15) is 41.0 Å². The van der Waals surface area contributed by atoms with Crippen molar-refractivity contribution in [3.8, 4) is 0 Å². The van der Waals surface area contributed by atoms with Crippen LogP contribution in [0.3, 0.4) is 0 Å². The quantitative estimate of drug-likeness (QED) is 0.603. The molecule has 5 N–H and O–H groups in total. The molecule has 0 aromatic heterocycles. The molecule has 1 rings (SSSR count). The van der Waals surface area contributed by atoms with E-state index in [2.05, 4.69) is 12.6 Å². The van der Waals surface area contributed by atoms with E-state index in [0.29, 0.717) is 0 Å². The van der Waals surface area contributed by atoms with Crippen molar-refractivity contribution in [2.45, 2.75) is 39.5 Å². The summed E-state index contributed by atoms with van der Waals surface area (Å²) in [5.74, 6) is 2.07. The number of hydrogen-bond donors (Lipinski definition) is 2. The molecule has 0 heterocycles. The van der Waals surface area contributed by atoms with E-state index < -0.39 is 0 Å². The molecule has 1 saturated carbocycles. The molecule has 0 radical (unpaired) electrons. The van der Waals surface area contributed by atoms with Gasteiger partial charge >= 0.3 is 0 Å². The first-order valence-corrected chi connectivity index (χ1v) is 4.67. The van der Waals surface area contributed by atoms with Crippen LogP contribution in [0.25, 0.3) is 0 Å². The topological polar surface area (TPSA) is 66.5 Å². The lowest BCUT2D eigenvalue weighted by Gasteiger charge is -1.99. The summed E-state index contributed by atoms with van der Waals surface area (Å²) in [5, 5.41) is 0. The molecule has 3 heteroatoms. The molecule has 11 heavy (non-hydrogen) atoms. The van der Waals surface area contributed by atoms with Crippen molar-refractivity contribution in [3.05, 3.63) is 0 Å². The summed E-state index contributed by atoms with van der Waals surface area (Å²) in [5.41, 5.74) is 0. The molecule has 0 atom stereocenters. The smallest absolute Gasteiger partial charge is 0 e. The predicted octanol–water partition coefficient (Wildman–Crippen LogP) is 2.72. The fraction of sp³-hybridized carbons (Fsp3) is 1.00. The van der Waals surface area contributed by atoms with Gasteiger partial charge in [-0.1, -0.05) is 26.7 Å².